The third-order valence-electron chi connectivity index (χ3n) is 3.28. The molecule has 0 bridgehead atoms. The first-order valence-corrected chi connectivity index (χ1v) is 7.06. The van der Waals surface area contributed by atoms with Gasteiger partial charge in [-0.25, -0.2) is 9.97 Å². The zero-order chi connectivity index (χ0) is 14.7. The summed E-state index contributed by atoms with van der Waals surface area (Å²) in [7, 11) is 2.07. The second-order valence-electron chi connectivity index (χ2n) is 5.61. The molecule has 110 valence electrons. The van der Waals surface area contributed by atoms with Gasteiger partial charge in [0.15, 0.2) is 0 Å². The second-order valence-corrected chi connectivity index (χ2v) is 5.61. The van der Waals surface area contributed by atoms with E-state index in [2.05, 4.69) is 27.2 Å². The van der Waals surface area contributed by atoms with Gasteiger partial charge in [0.2, 0.25) is 5.95 Å². The molecule has 6 heteroatoms. The number of rotatable bonds is 3. The molecule has 1 aromatic heterocycles. The van der Waals surface area contributed by atoms with Crippen LogP contribution in [0.25, 0.3) is 0 Å². The van der Waals surface area contributed by atoms with Crippen LogP contribution in [0.15, 0.2) is 6.07 Å². The number of nitrogens with one attached hydrogen (secondary N) is 1. The first-order chi connectivity index (χ1) is 9.45. The number of hydrogen-bond acceptors (Lipinski definition) is 5. The molecular formula is C14H23N5O. The number of likely N-dealkylation sites (N-methyl/N-ethyl adjacent to an activating group) is 1. The van der Waals surface area contributed by atoms with Crippen LogP contribution in [0.1, 0.15) is 30.0 Å². The van der Waals surface area contributed by atoms with Crippen molar-refractivity contribution in [3.63, 3.8) is 0 Å². The van der Waals surface area contributed by atoms with Gasteiger partial charge in [-0.2, -0.15) is 0 Å². The van der Waals surface area contributed by atoms with Gasteiger partial charge in [-0.15, -0.1) is 0 Å². The number of piperazine rings is 1. The zero-order valence-corrected chi connectivity index (χ0v) is 12.7. The van der Waals surface area contributed by atoms with E-state index in [4.69, 9.17) is 0 Å². The average molecular weight is 277 g/mol. The maximum absolute atomic E-state index is 12.5. The summed E-state index contributed by atoms with van der Waals surface area (Å²) in [5.41, 5.74) is 1.28. The predicted molar refractivity (Wildman–Crippen MR) is 78.9 cm³/mol. The minimum atomic E-state index is -0.00425. The average Bonchev–Trinajstić information content (AvgIpc) is 2.37. The highest BCUT2D eigenvalue weighted by Gasteiger charge is 2.22. The molecule has 1 saturated heterocycles. The molecule has 2 heterocycles. The standard InChI is InChI=1S/C14H23N5O/c1-10(2)15-14-16-11(3)9-12(17-14)13(20)19-7-5-18(4)6-8-19/h9-10H,5-8H2,1-4H3,(H,15,16,17). The van der Waals surface area contributed by atoms with E-state index in [9.17, 15) is 4.79 Å². The van der Waals surface area contributed by atoms with Crippen molar-refractivity contribution in [2.45, 2.75) is 26.8 Å². The van der Waals surface area contributed by atoms with E-state index in [1.54, 1.807) is 6.07 Å². The molecule has 1 aliphatic rings. The number of amides is 1. The third-order valence-corrected chi connectivity index (χ3v) is 3.28. The zero-order valence-electron chi connectivity index (χ0n) is 12.7. The van der Waals surface area contributed by atoms with E-state index in [1.807, 2.05) is 25.7 Å². The van der Waals surface area contributed by atoms with Crippen molar-refractivity contribution < 1.29 is 4.79 Å². The molecule has 1 amide bonds. The van der Waals surface area contributed by atoms with Crippen LogP contribution in [0.5, 0.6) is 0 Å². The normalized spacial score (nSPS) is 16.6. The van der Waals surface area contributed by atoms with E-state index >= 15 is 0 Å². The number of aromatic nitrogens is 2. The maximum Gasteiger partial charge on any atom is 0.272 e. The van der Waals surface area contributed by atoms with Gasteiger partial charge in [0.25, 0.3) is 5.91 Å². The van der Waals surface area contributed by atoms with Gasteiger partial charge in [-0.1, -0.05) is 0 Å². The van der Waals surface area contributed by atoms with Crippen LogP contribution in [-0.2, 0) is 0 Å². The lowest BCUT2D eigenvalue weighted by Gasteiger charge is -2.32. The molecule has 1 N–H and O–H groups in total. The summed E-state index contributed by atoms with van der Waals surface area (Å²) < 4.78 is 0. The first kappa shape index (κ1) is 14.7. The molecule has 0 aliphatic carbocycles. The summed E-state index contributed by atoms with van der Waals surface area (Å²) in [5, 5.41) is 3.15. The monoisotopic (exact) mass is 277 g/mol. The summed E-state index contributed by atoms with van der Waals surface area (Å²) in [6, 6.07) is 2.00. The highest BCUT2D eigenvalue weighted by molar-refractivity contribution is 5.92. The van der Waals surface area contributed by atoms with Gasteiger partial charge in [0, 0.05) is 37.9 Å². The van der Waals surface area contributed by atoms with Crippen molar-refractivity contribution in [2.24, 2.45) is 0 Å². The van der Waals surface area contributed by atoms with E-state index < -0.39 is 0 Å². The fourth-order valence-corrected chi connectivity index (χ4v) is 2.17. The van der Waals surface area contributed by atoms with Crippen molar-refractivity contribution in [2.75, 3.05) is 38.5 Å². The van der Waals surface area contributed by atoms with Crippen molar-refractivity contribution in [1.29, 1.82) is 0 Å². The fourth-order valence-electron chi connectivity index (χ4n) is 2.17. The second kappa shape index (κ2) is 6.17. The summed E-state index contributed by atoms with van der Waals surface area (Å²) >= 11 is 0. The van der Waals surface area contributed by atoms with E-state index in [-0.39, 0.29) is 11.9 Å². The Kier molecular flexibility index (Phi) is 4.54. The number of aryl methyl sites for hydroxylation is 1. The Morgan fingerprint density at radius 2 is 1.90 bits per heavy atom. The maximum atomic E-state index is 12.5. The van der Waals surface area contributed by atoms with Crippen molar-refractivity contribution >= 4 is 11.9 Å². The summed E-state index contributed by atoms with van der Waals surface area (Å²) in [4.78, 5) is 25.2. The van der Waals surface area contributed by atoms with Crippen molar-refractivity contribution in [3.05, 3.63) is 17.5 Å². The van der Waals surface area contributed by atoms with E-state index in [0.29, 0.717) is 11.6 Å². The molecular weight excluding hydrogens is 254 g/mol. The topological polar surface area (TPSA) is 61.4 Å². The highest BCUT2D eigenvalue weighted by atomic mass is 16.2. The molecule has 0 saturated carbocycles. The number of hydrogen-bond donors (Lipinski definition) is 1. The molecule has 0 aromatic carbocycles. The quantitative estimate of drug-likeness (QED) is 0.893. The number of carbonyl (C=O) groups excluding carboxylic acids is 1. The molecule has 0 radical (unpaired) electrons. The van der Waals surface area contributed by atoms with Crippen LogP contribution in [0.2, 0.25) is 0 Å². The van der Waals surface area contributed by atoms with E-state index in [1.165, 1.54) is 0 Å². The van der Waals surface area contributed by atoms with Gasteiger partial charge in [-0.3, -0.25) is 4.79 Å². The lowest BCUT2D eigenvalue weighted by atomic mass is 10.2. The molecule has 6 nitrogen and oxygen atoms in total. The first-order valence-electron chi connectivity index (χ1n) is 7.06. The van der Waals surface area contributed by atoms with E-state index in [0.717, 1.165) is 31.9 Å². The molecule has 20 heavy (non-hydrogen) atoms. The number of anilines is 1. The molecule has 0 spiro atoms. The van der Waals surface area contributed by atoms with Crippen LogP contribution in [-0.4, -0.2) is 64.9 Å². The van der Waals surface area contributed by atoms with Gasteiger partial charge in [0.05, 0.1) is 0 Å². The molecule has 0 unspecified atom stereocenters. The predicted octanol–water partition coefficient (Wildman–Crippen LogP) is 0.993. The Bertz CT molecular complexity index is 480. The Morgan fingerprint density at radius 3 is 2.50 bits per heavy atom. The van der Waals surface area contributed by atoms with Gasteiger partial charge in [0.1, 0.15) is 5.69 Å². The van der Waals surface area contributed by atoms with Crippen LogP contribution >= 0.6 is 0 Å². The lowest BCUT2D eigenvalue weighted by molar-refractivity contribution is 0.0658. The van der Waals surface area contributed by atoms with Gasteiger partial charge in [-0.05, 0) is 33.9 Å². The fraction of sp³-hybridized carbons (Fsp3) is 0.643. The lowest BCUT2D eigenvalue weighted by Crippen LogP contribution is -2.47. The van der Waals surface area contributed by atoms with Crippen molar-refractivity contribution in [3.8, 4) is 0 Å². The largest absolute Gasteiger partial charge is 0.352 e. The minimum absolute atomic E-state index is 0.00425. The molecule has 1 fully saturated rings. The van der Waals surface area contributed by atoms with Crippen LogP contribution < -0.4 is 5.32 Å². The molecule has 0 atom stereocenters. The SMILES string of the molecule is Cc1cc(C(=O)N2CCN(C)CC2)nc(NC(C)C)n1. The summed E-state index contributed by atoms with van der Waals surface area (Å²) in [6.45, 7) is 9.26. The smallest absolute Gasteiger partial charge is 0.272 e. The van der Waals surface area contributed by atoms with Crippen LogP contribution in [0, 0.1) is 6.92 Å². The molecule has 1 aliphatic heterocycles. The number of carbonyl (C=O) groups is 1. The molecule has 2 rings (SSSR count). The summed E-state index contributed by atoms with van der Waals surface area (Å²) in [5.74, 6) is 0.521. The Balaban J connectivity index is 2.14. The Morgan fingerprint density at radius 1 is 1.25 bits per heavy atom. The minimum Gasteiger partial charge on any atom is -0.352 e. The number of nitrogens with zero attached hydrogens (tertiary/aromatic N) is 4. The van der Waals surface area contributed by atoms with Crippen LogP contribution in [0.4, 0.5) is 5.95 Å². The Hall–Kier alpha value is -1.69. The summed E-state index contributed by atoms with van der Waals surface area (Å²) in [6.07, 6.45) is 0. The van der Waals surface area contributed by atoms with Gasteiger partial charge >= 0.3 is 0 Å². The van der Waals surface area contributed by atoms with Gasteiger partial charge < -0.3 is 15.1 Å². The third kappa shape index (κ3) is 3.66. The highest BCUT2D eigenvalue weighted by Crippen LogP contribution is 2.10. The Labute approximate surface area is 120 Å². The van der Waals surface area contributed by atoms with Crippen molar-refractivity contribution in [1.82, 2.24) is 19.8 Å². The van der Waals surface area contributed by atoms with Crippen LogP contribution in [0.3, 0.4) is 0 Å². The molecule has 1 aromatic rings.